The Morgan fingerprint density at radius 1 is 1.05 bits per heavy atom. The van der Waals surface area contributed by atoms with Gasteiger partial charge in [0.1, 0.15) is 17.4 Å². The third-order valence-corrected chi connectivity index (χ3v) is 8.05. The second kappa shape index (κ2) is 8.56. The fourth-order valence-corrected chi connectivity index (χ4v) is 5.79. The van der Waals surface area contributed by atoms with E-state index in [1.54, 1.807) is 7.11 Å². The second-order valence-electron chi connectivity index (χ2n) is 10.5. The summed E-state index contributed by atoms with van der Waals surface area (Å²) in [6, 6.07) is 20.9. The van der Waals surface area contributed by atoms with Crippen LogP contribution in [-0.4, -0.2) is 45.7 Å². The molecule has 1 aliphatic heterocycles. The molecule has 3 aromatic carbocycles. The lowest BCUT2D eigenvalue weighted by Gasteiger charge is -2.28. The molecule has 1 saturated heterocycles. The summed E-state index contributed by atoms with van der Waals surface area (Å²) < 4.78 is 7.79. The van der Waals surface area contributed by atoms with E-state index in [0.717, 1.165) is 82.6 Å². The molecule has 5 aromatic rings. The largest absolute Gasteiger partial charge is 0.497 e. The number of methoxy groups -OCH3 is 1. The first-order valence-electron chi connectivity index (χ1n) is 13.0. The topological polar surface area (TPSA) is 84.8 Å². The van der Waals surface area contributed by atoms with Crippen LogP contribution < -0.4 is 10.1 Å². The van der Waals surface area contributed by atoms with Gasteiger partial charge < -0.3 is 14.6 Å². The summed E-state index contributed by atoms with van der Waals surface area (Å²) in [5.41, 5.74) is 5.85. The third kappa shape index (κ3) is 3.81. The average Bonchev–Trinajstić information content (AvgIpc) is 3.33. The lowest BCUT2D eigenvalue weighted by molar-refractivity contribution is -0.129. The van der Waals surface area contributed by atoms with E-state index in [1.807, 2.05) is 24.4 Å². The van der Waals surface area contributed by atoms with Crippen molar-refractivity contribution >= 4 is 27.7 Å². The van der Waals surface area contributed by atoms with E-state index >= 15 is 0 Å². The second-order valence-corrected chi connectivity index (χ2v) is 10.5. The van der Waals surface area contributed by atoms with E-state index in [9.17, 15) is 4.79 Å². The molecule has 7 rings (SSSR count). The highest BCUT2D eigenvalue weighted by molar-refractivity contribution is 5.90. The number of carbonyl (C=O) groups excluding carboxylic acids is 1. The van der Waals surface area contributed by atoms with E-state index in [4.69, 9.17) is 9.72 Å². The Bertz CT molecular complexity index is 1620. The first-order valence-corrected chi connectivity index (χ1v) is 13.0. The fourth-order valence-electron chi connectivity index (χ4n) is 5.79. The number of carbonyl (C=O) groups is 1. The third-order valence-electron chi connectivity index (χ3n) is 8.05. The van der Waals surface area contributed by atoms with E-state index in [-0.39, 0.29) is 5.92 Å². The number of rotatable bonds is 7. The number of aromatic amines is 1. The molecule has 1 saturated carbocycles. The number of nitrogens with one attached hydrogen (secondary N) is 2. The molecule has 186 valence electrons. The lowest BCUT2D eigenvalue weighted by atomic mass is 9.80. The number of ether oxygens (including phenoxy) is 1. The molecule has 2 aromatic heterocycles. The molecule has 0 radical (unpaired) electrons. The fraction of sp³-hybridized carbons (Fsp3) is 0.300. The maximum absolute atomic E-state index is 13.5. The average molecular weight is 492 g/mol. The first-order chi connectivity index (χ1) is 18.1. The molecular formula is C30H29N5O2. The van der Waals surface area contributed by atoms with Crippen LogP contribution in [0.2, 0.25) is 0 Å². The van der Waals surface area contributed by atoms with Crippen LogP contribution >= 0.6 is 0 Å². The van der Waals surface area contributed by atoms with E-state index < -0.39 is 5.41 Å². The molecule has 2 N–H and O–H groups in total. The van der Waals surface area contributed by atoms with Crippen LogP contribution in [0.4, 0.5) is 0 Å². The van der Waals surface area contributed by atoms with Crippen LogP contribution in [0.3, 0.4) is 0 Å². The van der Waals surface area contributed by atoms with Gasteiger partial charge in [-0.2, -0.15) is 5.10 Å². The Kier molecular flexibility index (Phi) is 5.15. The zero-order chi connectivity index (χ0) is 25.0. The molecule has 0 unspecified atom stereocenters. The molecular weight excluding hydrogens is 462 g/mol. The van der Waals surface area contributed by atoms with Gasteiger partial charge in [0.15, 0.2) is 0 Å². The van der Waals surface area contributed by atoms with E-state index in [2.05, 4.69) is 62.5 Å². The Balaban J connectivity index is 1.31. The van der Waals surface area contributed by atoms with Gasteiger partial charge in [0.25, 0.3) is 0 Å². The van der Waals surface area contributed by atoms with Crippen molar-refractivity contribution in [3.8, 4) is 28.3 Å². The van der Waals surface area contributed by atoms with E-state index in [0.29, 0.717) is 12.3 Å². The molecule has 0 spiro atoms. The molecule has 1 aliphatic carbocycles. The number of hydrogen-bond donors (Lipinski definition) is 2. The number of imidazole rings is 1. The van der Waals surface area contributed by atoms with Crippen LogP contribution in [0.15, 0.2) is 66.9 Å². The number of hydrogen-bond acceptors (Lipinski definition) is 5. The van der Waals surface area contributed by atoms with Crippen LogP contribution in [0, 0.1) is 11.3 Å². The molecule has 7 nitrogen and oxygen atoms in total. The molecule has 1 atom stereocenters. The van der Waals surface area contributed by atoms with Gasteiger partial charge in [-0.15, -0.1) is 0 Å². The van der Waals surface area contributed by atoms with Gasteiger partial charge in [-0.3, -0.25) is 9.89 Å². The van der Waals surface area contributed by atoms with Gasteiger partial charge in [0.05, 0.1) is 35.3 Å². The summed E-state index contributed by atoms with van der Waals surface area (Å²) in [7, 11) is 1.68. The summed E-state index contributed by atoms with van der Waals surface area (Å²) >= 11 is 0. The van der Waals surface area contributed by atoms with Crippen molar-refractivity contribution in [2.45, 2.75) is 25.8 Å². The van der Waals surface area contributed by atoms with Crippen molar-refractivity contribution < 1.29 is 9.53 Å². The number of fused-ring (bicyclic) bond motifs is 2. The maximum atomic E-state index is 13.5. The van der Waals surface area contributed by atoms with Crippen molar-refractivity contribution in [1.82, 2.24) is 25.1 Å². The summed E-state index contributed by atoms with van der Waals surface area (Å²) in [4.78, 5) is 18.6. The summed E-state index contributed by atoms with van der Waals surface area (Å²) in [6.45, 7) is 2.22. The smallest absolute Gasteiger partial charge is 0.145 e. The normalized spacial score (nSPS) is 19.6. The number of benzene rings is 3. The van der Waals surface area contributed by atoms with Gasteiger partial charge in [-0.05, 0) is 61.2 Å². The first kappa shape index (κ1) is 22.2. The minimum atomic E-state index is -0.396. The molecule has 7 heteroatoms. The summed E-state index contributed by atoms with van der Waals surface area (Å²) in [5, 5.41) is 11.7. The van der Waals surface area contributed by atoms with Gasteiger partial charge in [0.2, 0.25) is 0 Å². The number of nitrogens with zero attached hydrogens (tertiary/aromatic N) is 3. The monoisotopic (exact) mass is 491 g/mol. The van der Waals surface area contributed by atoms with Crippen LogP contribution in [0.1, 0.15) is 19.3 Å². The van der Waals surface area contributed by atoms with E-state index in [1.165, 1.54) is 0 Å². The zero-order valence-corrected chi connectivity index (χ0v) is 20.8. The van der Waals surface area contributed by atoms with Crippen molar-refractivity contribution in [1.29, 1.82) is 0 Å². The number of Topliss-reactive ketones (excluding diaryl/α,β-unsaturated/α-hetero) is 1. The molecule has 2 aliphatic rings. The highest BCUT2D eigenvalue weighted by Crippen LogP contribution is 2.42. The Hall–Kier alpha value is -3.97. The van der Waals surface area contributed by atoms with Gasteiger partial charge in [-0.25, -0.2) is 4.98 Å². The zero-order valence-electron chi connectivity index (χ0n) is 20.8. The number of H-pyrrole nitrogens is 1. The molecule has 37 heavy (non-hydrogen) atoms. The predicted molar refractivity (Wildman–Crippen MR) is 144 cm³/mol. The van der Waals surface area contributed by atoms with Crippen molar-refractivity contribution in [2.75, 3.05) is 20.2 Å². The molecule has 3 heterocycles. The highest BCUT2D eigenvalue weighted by atomic mass is 16.5. The number of aromatic nitrogens is 4. The Morgan fingerprint density at radius 3 is 2.62 bits per heavy atom. The minimum Gasteiger partial charge on any atom is -0.497 e. The number of ketones is 1. The minimum absolute atomic E-state index is 0.222. The van der Waals surface area contributed by atoms with Crippen LogP contribution in [0.25, 0.3) is 44.5 Å². The van der Waals surface area contributed by atoms with Gasteiger partial charge in [0, 0.05) is 36.0 Å². The predicted octanol–water partition coefficient (Wildman–Crippen LogP) is 5.21. The maximum Gasteiger partial charge on any atom is 0.145 e. The summed E-state index contributed by atoms with van der Waals surface area (Å²) in [5.74, 6) is 2.31. The standard InChI is InChI=1S/C30H29N5O2/c1-37-24-9-11-26-27(15-24)35(18-30(12-13-31-17-30)28(36)20-4-5-20)29(33-26)21-6-2-19(3-7-21)22-8-10-25-23(14-22)16-32-34-25/h2-3,6-11,14-16,20,31H,4-5,12-13,17-18H2,1H3,(H,32,34)/t30-/m0/s1. The van der Waals surface area contributed by atoms with Gasteiger partial charge >= 0.3 is 0 Å². The Labute approximate surface area is 214 Å². The summed E-state index contributed by atoms with van der Waals surface area (Å²) in [6.07, 6.45) is 4.76. The molecule has 0 bridgehead atoms. The van der Waals surface area contributed by atoms with Crippen molar-refractivity contribution in [3.05, 3.63) is 66.9 Å². The van der Waals surface area contributed by atoms with Crippen molar-refractivity contribution in [2.24, 2.45) is 11.3 Å². The van der Waals surface area contributed by atoms with Crippen LogP contribution in [0.5, 0.6) is 5.75 Å². The quantitative estimate of drug-likeness (QED) is 0.326. The molecule has 0 amide bonds. The lowest BCUT2D eigenvalue weighted by Crippen LogP contribution is -2.39. The molecule has 2 fully saturated rings. The van der Waals surface area contributed by atoms with Crippen molar-refractivity contribution in [3.63, 3.8) is 0 Å². The SMILES string of the molecule is COc1ccc2nc(-c3ccc(-c4ccc5[nH]ncc5c4)cc3)n(C[C@]3(C(=O)C4CC4)CCNC3)c2c1. The van der Waals surface area contributed by atoms with Gasteiger partial charge in [-0.1, -0.05) is 30.3 Å². The highest BCUT2D eigenvalue weighted by Gasteiger charge is 2.48. The van der Waals surface area contributed by atoms with Crippen LogP contribution in [-0.2, 0) is 11.3 Å². The Morgan fingerprint density at radius 2 is 1.86 bits per heavy atom.